The first-order valence-electron chi connectivity index (χ1n) is 5.73. The number of rotatable bonds is 9. The molecule has 0 saturated heterocycles. The van der Waals surface area contributed by atoms with E-state index in [0.29, 0.717) is 13.7 Å². The predicted octanol–water partition coefficient (Wildman–Crippen LogP) is -0.521. The van der Waals surface area contributed by atoms with Crippen molar-refractivity contribution in [3.8, 4) is 0 Å². The zero-order chi connectivity index (χ0) is 10.8. The van der Waals surface area contributed by atoms with Crippen molar-refractivity contribution < 1.29 is 0 Å². The van der Waals surface area contributed by atoms with Gasteiger partial charge in [0, 0.05) is 0 Å². The summed E-state index contributed by atoms with van der Waals surface area (Å²) in [6.45, 7) is 13.0. The van der Waals surface area contributed by atoms with Gasteiger partial charge < -0.3 is 20.9 Å². The Balaban J connectivity index is 4.06. The molecule has 82 valence electrons. The summed E-state index contributed by atoms with van der Waals surface area (Å²) in [5, 5.41) is 13.7. The molecule has 0 rings (SSSR count). The minimum atomic E-state index is 0.296. The number of nitrogens with one attached hydrogen (secondary N) is 4. The molecule has 6 heteroatoms. The molecule has 4 nitrogen and oxygen atoms in total. The second-order valence-electron chi connectivity index (χ2n) is 3.19. The molecule has 0 amide bonds. The van der Waals surface area contributed by atoms with Crippen LogP contribution in [-0.2, 0) is 0 Å². The Morgan fingerprint density at radius 1 is 0.571 bits per heavy atom. The summed E-state index contributed by atoms with van der Waals surface area (Å²) in [7, 11) is 0. The Bertz CT molecular complexity index is 99.9. The zero-order valence-electron chi connectivity index (χ0n) is 9.98. The maximum Gasteiger partial charge on any atom is 0.307 e. The summed E-state index contributed by atoms with van der Waals surface area (Å²) in [4.78, 5) is 0. The SMILES string of the molecule is CCNB(NCC)B(NCC)NCC. The fourth-order valence-electron chi connectivity index (χ4n) is 1.50. The summed E-state index contributed by atoms with van der Waals surface area (Å²) in [5.74, 6) is 0. The standard InChI is InChI=1S/C8H24B2N4/c1-5-11-9(12-6-2)10(13-7-3)14-8-4/h11-14H,5-8H2,1-4H3. The number of hydrogen-bond acceptors (Lipinski definition) is 4. The summed E-state index contributed by atoms with van der Waals surface area (Å²) >= 11 is 0. The minimum Gasteiger partial charge on any atom is -0.346 e. The van der Waals surface area contributed by atoms with Crippen LogP contribution in [0.1, 0.15) is 27.7 Å². The van der Waals surface area contributed by atoms with Crippen LogP contribution in [0.15, 0.2) is 0 Å². The van der Waals surface area contributed by atoms with Crippen LogP contribution in [0.3, 0.4) is 0 Å². The van der Waals surface area contributed by atoms with Crippen LogP contribution in [0.4, 0.5) is 0 Å². The van der Waals surface area contributed by atoms with Gasteiger partial charge in [-0.15, -0.1) is 0 Å². The highest BCUT2D eigenvalue weighted by molar-refractivity contribution is 7.18. The van der Waals surface area contributed by atoms with E-state index < -0.39 is 0 Å². The molecule has 0 spiro atoms. The second-order valence-corrected chi connectivity index (χ2v) is 3.19. The summed E-state index contributed by atoms with van der Waals surface area (Å²) in [6.07, 6.45) is 0. The van der Waals surface area contributed by atoms with Gasteiger partial charge in [-0.05, 0) is 26.2 Å². The van der Waals surface area contributed by atoms with E-state index in [2.05, 4.69) is 48.6 Å². The first-order valence-corrected chi connectivity index (χ1v) is 5.73. The van der Waals surface area contributed by atoms with E-state index in [4.69, 9.17) is 0 Å². The van der Waals surface area contributed by atoms with Gasteiger partial charge >= 0.3 is 13.7 Å². The molecule has 0 aliphatic heterocycles. The minimum absolute atomic E-state index is 0.296. The monoisotopic (exact) mass is 198 g/mol. The highest BCUT2D eigenvalue weighted by atomic mass is 15.0. The predicted molar refractivity (Wildman–Crippen MR) is 66.2 cm³/mol. The molecule has 0 aromatic heterocycles. The van der Waals surface area contributed by atoms with Crippen LogP contribution < -0.4 is 20.9 Å². The van der Waals surface area contributed by atoms with Gasteiger partial charge in [0.25, 0.3) is 0 Å². The van der Waals surface area contributed by atoms with E-state index in [-0.39, 0.29) is 0 Å². The topological polar surface area (TPSA) is 48.1 Å². The Kier molecular flexibility index (Phi) is 9.50. The van der Waals surface area contributed by atoms with Gasteiger partial charge in [0.2, 0.25) is 0 Å². The fourth-order valence-corrected chi connectivity index (χ4v) is 1.50. The maximum absolute atomic E-state index is 3.42. The van der Waals surface area contributed by atoms with Gasteiger partial charge in [-0.1, -0.05) is 27.7 Å². The normalized spacial score (nSPS) is 10.3. The third-order valence-electron chi connectivity index (χ3n) is 2.03. The number of hydrogen-bond donors (Lipinski definition) is 4. The third kappa shape index (κ3) is 5.65. The molecule has 0 radical (unpaired) electrons. The van der Waals surface area contributed by atoms with Gasteiger partial charge in [-0.2, -0.15) is 0 Å². The van der Waals surface area contributed by atoms with E-state index in [1.165, 1.54) is 0 Å². The van der Waals surface area contributed by atoms with Crippen molar-refractivity contribution in [2.75, 3.05) is 26.2 Å². The highest BCUT2D eigenvalue weighted by Crippen LogP contribution is 1.78. The molecule has 0 atom stereocenters. The average molecular weight is 198 g/mol. The van der Waals surface area contributed by atoms with Crippen LogP contribution in [0.25, 0.3) is 0 Å². The van der Waals surface area contributed by atoms with E-state index in [0.717, 1.165) is 26.2 Å². The maximum atomic E-state index is 3.42. The molecule has 14 heavy (non-hydrogen) atoms. The van der Waals surface area contributed by atoms with Gasteiger partial charge in [0.15, 0.2) is 0 Å². The lowest BCUT2D eigenvalue weighted by molar-refractivity contribution is 0.871. The van der Waals surface area contributed by atoms with Crippen molar-refractivity contribution in [3.05, 3.63) is 0 Å². The van der Waals surface area contributed by atoms with Gasteiger partial charge in [-0.25, -0.2) is 0 Å². The molecular weight excluding hydrogens is 174 g/mol. The van der Waals surface area contributed by atoms with Crippen molar-refractivity contribution in [1.29, 1.82) is 0 Å². The van der Waals surface area contributed by atoms with Crippen LogP contribution in [0.5, 0.6) is 0 Å². The highest BCUT2D eigenvalue weighted by Gasteiger charge is 2.28. The molecular formula is C8H24B2N4. The van der Waals surface area contributed by atoms with Crippen molar-refractivity contribution in [2.24, 2.45) is 0 Å². The molecule has 0 aromatic rings. The Morgan fingerprint density at radius 2 is 0.786 bits per heavy atom. The lowest BCUT2D eigenvalue weighted by atomic mass is 9.34. The van der Waals surface area contributed by atoms with Crippen LogP contribution in [0, 0.1) is 0 Å². The van der Waals surface area contributed by atoms with E-state index in [9.17, 15) is 0 Å². The van der Waals surface area contributed by atoms with Gasteiger partial charge in [-0.3, -0.25) is 0 Å². The van der Waals surface area contributed by atoms with Crippen LogP contribution in [-0.4, -0.2) is 39.9 Å². The first-order chi connectivity index (χ1) is 6.79. The second kappa shape index (κ2) is 9.52. The fraction of sp³-hybridized carbons (Fsp3) is 1.00. The van der Waals surface area contributed by atoms with Crippen LogP contribution in [0.2, 0.25) is 0 Å². The lowest BCUT2D eigenvalue weighted by Gasteiger charge is -2.22. The van der Waals surface area contributed by atoms with Crippen molar-refractivity contribution in [3.63, 3.8) is 0 Å². The third-order valence-corrected chi connectivity index (χ3v) is 2.03. The Morgan fingerprint density at radius 3 is 0.929 bits per heavy atom. The Hall–Kier alpha value is -0.0301. The first kappa shape index (κ1) is 14.0. The Labute approximate surface area is 89.2 Å². The molecule has 0 aliphatic rings. The summed E-state index contributed by atoms with van der Waals surface area (Å²) in [6, 6.07) is 0. The molecule has 0 unspecified atom stereocenters. The van der Waals surface area contributed by atoms with Crippen molar-refractivity contribution >= 4 is 13.7 Å². The van der Waals surface area contributed by atoms with Crippen LogP contribution >= 0.6 is 0 Å². The molecule has 4 N–H and O–H groups in total. The lowest BCUT2D eigenvalue weighted by Crippen LogP contribution is -2.70. The molecule has 0 fully saturated rings. The molecule has 0 aromatic carbocycles. The zero-order valence-corrected chi connectivity index (χ0v) is 9.98. The van der Waals surface area contributed by atoms with Gasteiger partial charge in [0.05, 0.1) is 0 Å². The van der Waals surface area contributed by atoms with Crippen molar-refractivity contribution in [2.45, 2.75) is 27.7 Å². The van der Waals surface area contributed by atoms with Gasteiger partial charge in [0.1, 0.15) is 0 Å². The van der Waals surface area contributed by atoms with E-state index >= 15 is 0 Å². The average Bonchev–Trinajstić information content (AvgIpc) is 2.17. The summed E-state index contributed by atoms with van der Waals surface area (Å²) < 4.78 is 0. The van der Waals surface area contributed by atoms with Crippen molar-refractivity contribution in [1.82, 2.24) is 20.9 Å². The summed E-state index contributed by atoms with van der Waals surface area (Å²) in [5.41, 5.74) is 0. The van der Waals surface area contributed by atoms with E-state index in [1.807, 2.05) is 0 Å². The van der Waals surface area contributed by atoms with E-state index in [1.54, 1.807) is 0 Å². The molecule has 0 bridgehead atoms. The molecule has 0 saturated carbocycles. The molecule has 0 heterocycles. The quantitative estimate of drug-likeness (QED) is 0.376. The smallest absolute Gasteiger partial charge is 0.307 e. The largest absolute Gasteiger partial charge is 0.346 e. The molecule has 0 aliphatic carbocycles.